The summed E-state index contributed by atoms with van der Waals surface area (Å²) in [4.78, 5) is 7.81. The summed E-state index contributed by atoms with van der Waals surface area (Å²) < 4.78 is 0. The van der Waals surface area contributed by atoms with E-state index in [2.05, 4.69) is 29.0 Å². The van der Waals surface area contributed by atoms with Gasteiger partial charge in [0.15, 0.2) is 0 Å². The average molecular weight is 187 g/mol. The SMILES string of the molecule is Cc1ccc2nc(C3(N)CC3)[nH]c2c1. The van der Waals surface area contributed by atoms with Crippen LogP contribution in [-0.4, -0.2) is 9.97 Å². The highest BCUT2D eigenvalue weighted by Crippen LogP contribution is 2.41. The topological polar surface area (TPSA) is 54.7 Å². The smallest absolute Gasteiger partial charge is 0.127 e. The largest absolute Gasteiger partial charge is 0.340 e. The normalized spacial score (nSPS) is 18.7. The molecule has 14 heavy (non-hydrogen) atoms. The second-order valence-corrected chi connectivity index (χ2v) is 4.26. The molecule has 3 nitrogen and oxygen atoms in total. The summed E-state index contributed by atoms with van der Waals surface area (Å²) in [6.45, 7) is 2.08. The third kappa shape index (κ3) is 1.06. The van der Waals surface area contributed by atoms with E-state index in [-0.39, 0.29) is 5.54 Å². The molecule has 0 radical (unpaired) electrons. The van der Waals surface area contributed by atoms with E-state index in [1.807, 2.05) is 6.07 Å². The number of H-pyrrole nitrogens is 1. The van der Waals surface area contributed by atoms with Crippen LogP contribution in [0.25, 0.3) is 11.0 Å². The Bertz CT molecular complexity index is 494. The number of fused-ring (bicyclic) bond motifs is 1. The van der Waals surface area contributed by atoms with Gasteiger partial charge in [0, 0.05) is 0 Å². The van der Waals surface area contributed by atoms with E-state index in [4.69, 9.17) is 5.73 Å². The van der Waals surface area contributed by atoms with E-state index in [0.717, 1.165) is 29.7 Å². The minimum absolute atomic E-state index is 0.160. The van der Waals surface area contributed by atoms with Gasteiger partial charge < -0.3 is 10.7 Å². The first-order valence-corrected chi connectivity index (χ1v) is 4.93. The summed E-state index contributed by atoms with van der Waals surface area (Å²) in [6, 6.07) is 6.22. The zero-order valence-corrected chi connectivity index (χ0v) is 8.17. The first-order chi connectivity index (χ1) is 6.67. The molecule has 1 saturated carbocycles. The van der Waals surface area contributed by atoms with Crippen molar-refractivity contribution in [3.63, 3.8) is 0 Å². The molecule has 0 atom stereocenters. The number of rotatable bonds is 1. The molecule has 1 aromatic heterocycles. The maximum absolute atomic E-state index is 6.08. The molecule has 1 aliphatic carbocycles. The molecule has 0 amide bonds. The maximum Gasteiger partial charge on any atom is 0.127 e. The number of nitrogens with one attached hydrogen (secondary N) is 1. The van der Waals surface area contributed by atoms with Crippen LogP contribution in [0.4, 0.5) is 0 Å². The summed E-state index contributed by atoms with van der Waals surface area (Å²) in [6.07, 6.45) is 2.09. The lowest BCUT2D eigenvalue weighted by Gasteiger charge is -2.01. The van der Waals surface area contributed by atoms with Gasteiger partial charge in [-0.1, -0.05) is 6.07 Å². The Kier molecular flexibility index (Phi) is 1.35. The number of nitrogens with zero attached hydrogens (tertiary/aromatic N) is 1. The molecule has 72 valence electrons. The molecule has 1 aliphatic rings. The molecular weight excluding hydrogens is 174 g/mol. The number of aryl methyl sites for hydroxylation is 1. The lowest BCUT2D eigenvalue weighted by Crippen LogP contribution is -2.20. The highest BCUT2D eigenvalue weighted by atomic mass is 15.0. The summed E-state index contributed by atoms with van der Waals surface area (Å²) in [5, 5.41) is 0. The summed E-state index contributed by atoms with van der Waals surface area (Å²) in [7, 11) is 0. The van der Waals surface area contributed by atoms with E-state index in [9.17, 15) is 0 Å². The molecule has 3 N–H and O–H groups in total. The number of benzene rings is 1. The Morgan fingerprint density at radius 2 is 2.21 bits per heavy atom. The van der Waals surface area contributed by atoms with Crippen molar-refractivity contribution >= 4 is 11.0 Å². The Morgan fingerprint density at radius 1 is 1.43 bits per heavy atom. The highest BCUT2D eigenvalue weighted by molar-refractivity contribution is 5.76. The lowest BCUT2D eigenvalue weighted by molar-refractivity contribution is 0.688. The van der Waals surface area contributed by atoms with Crippen LogP contribution in [0.5, 0.6) is 0 Å². The van der Waals surface area contributed by atoms with Crippen molar-refractivity contribution in [2.45, 2.75) is 25.3 Å². The fraction of sp³-hybridized carbons (Fsp3) is 0.364. The molecule has 0 spiro atoms. The average Bonchev–Trinajstić information content (AvgIpc) is 2.77. The number of nitrogens with two attached hydrogens (primary N) is 1. The first-order valence-electron chi connectivity index (χ1n) is 4.93. The molecule has 3 heteroatoms. The molecule has 2 aromatic rings. The molecular formula is C11H13N3. The van der Waals surface area contributed by atoms with Crippen LogP contribution in [0.15, 0.2) is 18.2 Å². The zero-order chi connectivity index (χ0) is 9.76. The highest BCUT2D eigenvalue weighted by Gasteiger charge is 2.42. The maximum atomic E-state index is 6.08. The van der Waals surface area contributed by atoms with Crippen molar-refractivity contribution < 1.29 is 0 Å². The van der Waals surface area contributed by atoms with Gasteiger partial charge in [0.1, 0.15) is 5.82 Å². The quantitative estimate of drug-likeness (QED) is 0.715. The van der Waals surface area contributed by atoms with Crippen LogP contribution in [0.1, 0.15) is 24.2 Å². The van der Waals surface area contributed by atoms with Crippen molar-refractivity contribution in [2.75, 3.05) is 0 Å². The molecule has 1 heterocycles. The Labute approximate surface area is 82.3 Å². The zero-order valence-electron chi connectivity index (χ0n) is 8.17. The minimum Gasteiger partial charge on any atom is -0.340 e. The van der Waals surface area contributed by atoms with Gasteiger partial charge in [0.05, 0.1) is 16.6 Å². The van der Waals surface area contributed by atoms with Gasteiger partial charge in [-0.2, -0.15) is 0 Å². The lowest BCUT2D eigenvalue weighted by atomic mass is 10.2. The molecule has 1 aromatic carbocycles. The van der Waals surface area contributed by atoms with E-state index in [1.165, 1.54) is 5.56 Å². The fourth-order valence-electron chi connectivity index (χ4n) is 1.73. The number of aromatic nitrogens is 2. The summed E-state index contributed by atoms with van der Waals surface area (Å²) in [5.74, 6) is 0.943. The molecule has 0 saturated heterocycles. The van der Waals surface area contributed by atoms with E-state index in [1.54, 1.807) is 0 Å². The molecule has 0 bridgehead atoms. The van der Waals surface area contributed by atoms with Gasteiger partial charge in [0.25, 0.3) is 0 Å². The summed E-state index contributed by atoms with van der Waals surface area (Å²) >= 11 is 0. The van der Waals surface area contributed by atoms with Gasteiger partial charge in [-0.3, -0.25) is 0 Å². The van der Waals surface area contributed by atoms with E-state index >= 15 is 0 Å². The number of imidazole rings is 1. The Hall–Kier alpha value is -1.35. The van der Waals surface area contributed by atoms with Crippen LogP contribution in [0.3, 0.4) is 0 Å². The predicted octanol–water partition coefficient (Wildman–Crippen LogP) is 1.82. The van der Waals surface area contributed by atoms with Crippen molar-refractivity contribution in [2.24, 2.45) is 5.73 Å². The third-order valence-corrected chi connectivity index (χ3v) is 2.90. The van der Waals surface area contributed by atoms with Crippen molar-refractivity contribution in [1.82, 2.24) is 9.97 Å². The fourth-order valence-corrected chi connectivity index (χ4v) is 1.73. The monoisotopic (exact) mass is 187 g/mol. The van der Waals surface area contributed by atoms with E-state index in [0.29, 0.717) is 0 Å². The predicted molar refractivity (Wildman–Crippen MR) is 55.9 cm³/mol. The van der Waals surface area contributed by atoms with Crippen LogP contribution in [0.2, 0.25) is 0 Å². The summed E-state index contributed by atoms with van der Waals surface area (Å²) in [5.41, 5.74) is 9.27. The van der Waals surface area contributed by atoms with Crippen LogP contribution in [0, 0.1) is 6.92 Å². The Morgan fingerprint density at radius 3 is 2.93 bits per heavy atom. The number of aromatic amines is 1. The second kappa shape index (κ2) is 2.36. The van der Waals surface area contributed by atoms with Crippen molar-refractivity contribution in [3.05, 3.63) is 29.6 Å². The molecule has 0 unspecified atom stereocenters. The van der Waals surface area contributed by atoms with Crippen LogP contribution >= 0.6 is 0 Å². The Balaban J connectivity index is 2.20. The van der Waals surface area contributed by atoms with Gasteiger partial charge in [-0.05, 0) is 37.5 Å². The number of hydrogen-bond acceptors (Lipinski definition) is 2. The standard InChI is InChI=1S/C11H13N3/c1-7-2-3-8-9(6-7)14-10(13-8)11(12)4-5-11/h2-3,6H,4-5,12H2,1H3,(H,13,14). The first kappa shape index (κ1) is 8.00. The van der Waals surface area contributed by atoms with Crippen molar-refractivity contribution in [1.29, 1.82) is 0 Å². The minimum atomic E-state index is -0.160. The third-order valence-electron chi connectivity index (χ3n) is 2.90. The van der Waals surface area contributed by atoms with Gasteiger partial charge in [0.2, 0.25) is 0 Å². The second-order valence-electron chi connectivity index (χ2n) is 4.26. The number of hydrogen-bond donors (Lipinski definition) is 2. The molecule has 1 fully saturated rings. The van der Waals surface area contributed by atoms with Gasteiger partial charge >= 0.3 is 0 Å². The van der Waals surface area contributed by atoms with Gasteiger partial charge in [-0.25, -0.2) is 4.98 Å². The van der Waals surface area contributed by atoms with E-state index < -0.39 is 0 Å². The molecule has 3 rings (SSSR count). The van der Waals surface area contributed by atoms with Crippen LogP contribution in [-0.2, 0) is 5.54 Å². The van der Waals surface area contributed by atoms with Crippen LogP contribution < -0.4 is 5.73 Å². The van der Waals surface area contributed by atoms with Crippen molar-refractivity contribution in [3.8, 4) is 0 Å². The molecule has 0 aliphatic heterocycles. The van der Waals surface area contributed by atoms with Gasteiger partial charge in [-0.15, -0.1) is 0 Å².